The van der Waals surface area contributed by atoms with Crippen molar-refractivity contribution in [2.75, 3.05) is 0 Å². The van der Waals surface area contributed by atoms with Gasteiger partial charge in [-0.2, -0.15) is 0 Å². The highest BCUT2D eigenvalue weighted by molar-refractivity contribution is 6.18. The maximum Gasteiger partial charge on any atom is 0.0645 e. The van der Waals surface area contributed by atoms with E-state index < -0.39 is 166 Å². The molecule has 0 saturated heterocycles. The Hall–Kier alpha value is -7.62. The quantitative estimate of drug-likeness (QED) is 0.167. The minimum atomic E-state index is -0.854. The minimum absolute atomic E-state index is 0.178. The Kier molecular flexibility index (Phi) is 3.81. The van der Waals surface area contributed by atoms with Gasteiger partial charge >= 0.3 is 0 Å². The SMILES string of the molecule is [2H]c1c([2H])c([2H])c2c(c1[2H])c1c(-n3c4c([2H])c([2H])c([2H])c([2H])c4c4c([2H])c(-c5c([2H])c([2H])c([2H])c6c7c([2H])c([2H])c([2H])c([2H])c7n(-c7cccc(-c8ccccc8)c7)c56)c([2H])c([2H])c43)c([2H])c([2H])c([2H])c1n2-c1ccccc1. The first-order valence-corrected chi connectivity index (χ1v) is 17.9. The summed E-state index contributed by atoms with van der Waals surface area (Å²) in [5.74, 6) is 0. The molecule has 57 heavy (non-hydrogen) atoms. The monoisotopic (exact) mass is 746 g/mol. The van der Waals surface area contributed by atoms with Gasteiger partial charge in [-0.15, -0.1) is 0 Å². The van der Waals surface area contributed by atoms with Crippen molar-refractivity contribution in [3.05, 3.63) is 212 Å². The molecule has 0 spiro atoms. The molecule has 3 heteroatoms. The second-order valence-corrected chi connectivity index (χ2v) is 13.3. The van der Waals surface area contributed by atoms with Gasteiger partial charge in [0.25, 0.3) is 0 Å². The highest BCUT2D eigenvalue weighted by Crippen LogP contribution is 2.43. The van der Waals surface area contributed by atoms with Gasteiger partial charge in [0.15, 0.2) is 0 Å². The number of hydrogen-bond acceptors (Lipinski definition) is 0. The second-order valence-electron chi connectivity index (χ2n) is 13.3. The van der Waals surface area contributed by atoms with E-state index in [0.717, 1.165) is 10.1 Å². The van der Waals surface area contributed by atoms with Crippen LogP contribution in [0, 0.1) is 0 Å². The van der Waals surface area contributed by atoms with Crippen molar-refractivity contribution in [2.24, 2.45) is 0 Å². The van der Waals surface area contributed by atoms with Crippen molar-refractivity contribution in [3.63, 3.8) is 0 Å². The lowest BCUT2D eigenvalue weighted by Crippen LogP contribution is -1.97. The number of hydrogen-bond donors (Lipinski definition) is 0. The van der Waals surface area contributed by atoms with Crippen LogP contribution in [0.4, 0.5) is 0 Å². The molecule has 3 nitrogen and oxygen atoms in total. The summed E-state index contributed by atoms with van der Waals surface area (Å²) in [4.78, 5) is 0. The van der Waals surface area contributed by atoms with Crippen molar-refractivity contribution in [1.82, 2.24) is 13.7 Å². The average molecular weight is 747 g/mol. The number of aromatic nitrogens is 3. The molecule has 266 valence electrons. The maximum atomic E-state index is 10.3. The Labute approximate surface area is 359 Å². The fraction of sp³-hybridized carbons (Fsp3) is 0. The first-order valence-electron chi connectivity index (χ1n) is 28.4. The first-order chi connectivity index (χ1) is 37.1. The summed E-state index contributed by atoms with van der Waals surface area (Å²) in [5, 5.41) is -1.90. The molecule has 12 rings (SSSR count). The van der Waals surface area contributed by atoms with Crippen LogP contribution < -0.4 is 0 Å². The number of nitrogens with zero attached hydrogens (tertiary/aromatic N) is 3. The fourth-order valence-electron chi connectivity index (χ4n) is 7.89. The van der Waals surface area contributed by atoms with Gasteiger partial charge in [-0.25, -0.2) is 0 Å². The Morgan fingerprint density at radius 3 is 1.72 bits per heavy atom. The van der Waals surface area contributed by atoms with Crippen molar-refractivity contribution >= 4 is 65.4 Å². The van der Waals surface area contributed by atoms with Crippen molar-refractivity contribution in [3.8, 4) is 39.3 Å². The van der Waals surface area contributed by atoms with E-state index in [1.54, 1.807) is 54.6 Å². The average Bonchev–Trinajstić information content (AvgIpc) is 3.07. The molecule has 0 aliphatic carbocycles. The molecule has 0 fully saturated rings. The molecule has 12 aromatic rings. The van der Waals surface area contributed by atoms with Crippen LogP contribution in [-0.2, 0) is 0 Å². The van der Waals surface area contributed by atoms with E-state index in [2.05, 4.69) is 0 Å². The van der Waals surface area contributed by atoms with Crippen LogP contribution in [0.15, 0.2) is 212 Å². The largest absolute Gasteiger partial charge is 0.309 e. The van der Waals surface area contributed by atoms with Gasteiger partial charge < -0.3 is 13.7 Å². The van der Waals surface area contributed by atoms with Gasteiger partial charge in [-0.3, -0.25) is 0 Å². The third kappa shape index (κ3) is 4.73. The van der Waals surface area contributed by atoms with Crippen LogP contribution in [-0.4, -0.2) is 13.7 Å². The van der Waals surface area contributed by atoms with Crippen LogP contribution in [0.1, 0.15) is 28.8 Å². The number of para-hydroxylation sites is 5. The second kappa shape index (κ2) is 12.5. The zero-order valence-electron chi connectivity index (χ0n) is 50.4. The predicted molar refractivity (Wildman–Crippen MR) is 240 cm³/mol. The number of benzene rings is 9. The topological polar surface area (TPSA) is 14.8 Å². The van der Waals surface area contributed by atoms with Gasteiger partial charge in [0, 0.05) is 49.3 Å². The lowest BCUT2D eigenvalue weighted by molar-refractivity contribution is 1.17. The summed E-state index contributed by atoms with van der Waals surface area (Å²) < 4.78 is 200. The summed E-state index contributed by atoms with van der Waals surface area (Å²) in [5.41, 5.74) is -1.40. The van der Waals surface area contributed by atoms with Gasteiger partial charge in [-0.1, -0.05) is 145 Å². The molecule has 0 radical (unpaired) electrons. The van der Waals surface area contributed by atoms with Crippen molar-refractivity contribution in [2.45, 2.75) is 0 Å². The summed E-state index contributed by atoms with van der Waals surface area (Å²) in [7, 11) is 0. The van der Waals surface area contributed by atoms with Crippen molar-refractivity contribution in [1.29, 1.82) is 0 Å². The number of fused-ring (bicyclic) bond motifs is 9. The Morgan fingerprint density at radius 1 is 0.351 bits per heavy atom. The van der Waals surface area contributed by atoms with E-state index in [1.165, 1.54) is 9.13 Å². The van der Waals surface area contributed by atoms with Crippen LogP contribution >= 0.6 is 0 Å². The highest BCUT2D eigenvalue weighted by atomic mass is 15.0. The lowest BCUT2D eigenvalue weighted by atomic mass is 9.99. The van der Waals surface area contributed by atoms with E-state index in [9.17, 15) is 20.6 Å². The van der Waals surface area contributed by atoms with Crippen LogP contribution in [0.5, 0.6) is 0 Å². The van der Waals surface area contributed by atoms with Crippen LogP contribution in [0.25, 0.3) is 105 Å². The van der Waals surface area contributed by atoms with E-state index in [4.69, 9.17) is 8.22 Å². The molecular weight excluding hydrogens is 691 g/mol. The molecular formula is C54H35N3. The Morgan fingerprint density at radius 2 is 0.930 bits per heavy atom. The molecule has 0 atom stereocenters. The zero-order valence-corrected chi connectivity index (χ0v) is 29.4. The van der Waals surface area contributed by atoms with Gasteiger partial charge in [0.05, 0.1) is 67.6 Å². The maximum absolute atomic E-state index is 10.3. The third-order valence-corrected chi connectivity index (χ3v) is 10.3. The van der Waals surface area contributed by atoms with Crippen molar-refractivity contribution < 1.29 is 28.8 Å². The standard InChI is InChI=1S/C54H35N3/c1-3-16-36(17-4-1)37-18-13-21-40(34-37)56-47-27-10-7-22-42(47)44-26-14-25-41(54(44)56)38-32-33-50-46(35-38)43-23-8-11-28-48(43)57(50)52-31-15-30-51-53(52)45-24-9-12-29-49(45)55(51)39-19-5-2-6-20-39/h1-35H/i7D,8D,9D,10D,11D,12D,14D,15D,22D,23D,24D,25D,26D,27D,28D,29D,30D,31D,32D,33D,35D. The summed E-state index contributed by atoms with van der Waals surface area (Å²) >= 11 is 0. The molecule has 3 heterocycles. The molecule has 0 unspecified atom stereocenters. The molecule has 0 aliphatic heterocycles. The van der Waals surface area contributed by atoms with Gasteiger partial charge in [0.2, 0.25) is 0 Å². The smallest absolute Gasteiger partial charge is 0.0645 e. The molecule has 9 aromatic carbocycles. The predicted octanol–water partition coefficient (Wildman–Crippen LogP) is 14.3. The van der Waals surface area contributed by atoms with Gasteiger partial charge in [-0.05, 0) is 83.3 Å². The fourth-order valence-corrected chi connectivity index (χ4v) is 7.89. The highest BCUT2D eigenvalue weighted by Gasteiger charge is 2.21. The van der Waals surface area contributed by atoms with Crippen LogP contribution in [0.2, 0.25) is 0 Å². The summed E-state index contributed by atoms with van der Waals surface area (Å²) in [6, 6.07) is 9.08. The van der Waals surface area contributed by atoms with E-state index in [-0.39, 0.29) is 55.0 Å². The first kappa shape index (κ1) is 17.5. The van der Waals surface area contributed by atoms with E-state index >= 15 is 0 Å². The third-order valence-electron chi connectivity index (χ3n) is 10.3. The number of rotatable bonds is 5. The zero-order chi connectivity index (χ0) is 55.7. The summed E-state index contributed by atoms with van der Waals surface area (Å²) in [6.45, 7) is 0. The summed E-state index contributed by atoms with van der Waals surface area (Å²) in [6.07, 6.45) is 0. The normalized spacial score (nSPS) is 17.0. The van der Waals surface area contributed by atoms with Gasteiger partial charge in [0.1, 0.15) is 0 Å². The molecule has 3 aromatic heterocycles. The lowest BCUT2D eigenvalue weighted by Gasteiger charge is -2.14. The Bertz CT molecular complexity index is 4740. The minimum Gasteiger partial charge on any atom is -0.309 e. The van der Waals surface area contributed by atoms with Crippen LogP contribution in [0.3, 0.4) is 0 Å². The molecule has 0 N–H and O–H groups in total. The molecule has 0 saturated carbocycles. The molecule has 0 bridgehead atoms. The molecule has 0 aliphatic rings. The Balaban J connectivity index is 1.33. The molecule has 0 amide bonds. The van der Waals surface area contributed by atoms with E-state index in [1.807, 2.05) is 30.3 Å². The van der Waals surface area contributed by atoms with E-state index in [0.29, 0.717) is 5.56 Å².